The third-order valence-corrected chi connectivity index (χ3v) is 6.07. The molecule has 0 aliphatic carbocycles. The van der Waals surface area contributed by atoms with Crippen molar-refractivity contribution in [1.29, 1.82) is 0 Å². The molecule has 1 atom stereocenters. The Morgan fingerprint density at radius 3 is 2.53 bits per heavy atom. The number of nitrogens with zero attached hydrogens (tertiary/aromatic N) is 5. The second-order valence-corrected chi connectivity index (χ2v) is 8.56. The molecule has 0 bridgehead atoms. The van der Waals surface area contributed by atoms with Gasteiger partial charge in [0.05, 0.1) is 19.1 Å². The molecule has 0 N–H and O–H groups in total. The summed E-state index contributed by atoms with van der Waals surface area (Å²) in [6, 6.07) is 1.93. The zero-order valence-electron chi connectivity index (χ0n) is 19.6. The van der Waals surface area contributed by atoms with E-state index in [9.17, 15) is 9.59 Å². The molecule has 0 aliphatic rings. The first-order valence-electron chi connectivity index (χ1n) is 10.3. The zero-order valence-corrected chi connectivity index (χ0v) is 20.4. The molecular formula is C22H29N5O4S. The largest absolute Gasteiger partial charge is 0.457 e. The van der Waals surface area contributed by atoms with E-state index in [1.165, 1.54) is 11.8 Å². The van der Waals surface area contributed by atoms with Crippen LogP contribution < -0.4 is 0 Å². The number of methoxy groups -OCH3 is 1. The van der Waals surface area contributed by atoms with Gasteiger partial charge in [0.15, 0.2) is 6.61 Å². The summed E-state index contributed by atoms with van der Waals surface area (Å²) in [5, 5.41) is 5.00. The normalized spacial score (nSPS) is 12.3. The van der Waals surface area contributed by atoms with Crippen molar-refractivity contribution in [3.63, 3.8) is 0 Å². The third kappa shape index (κ3) is 4.71. The maximum absolute atomic E-state index is 12.8. The van der Waals surface area contributed by atoms with Gasteiger partial charge in [0.1, 0.15) is 0 Å². The van der Waals surface area contributed by atoms with Crippen molar-refractivity contribution in [2.24, 2.45) is 0 Å². The minimum Gasteiger partial charge on any atom is -0.457 e. The van der Waals surface area contributed by atoms with Crippen LogP contribution >= 0.6 is 11.8 Å². The van der Waals surface area contributed by atoms with Gasteiger partial charge in [-0.15, -0.1) is 5.10 Å². The monoisotopic (exact) mass is 459 g/mol. The summed E-state index contributed by atoms with van der Waals surface area (Å²) in [6.45, 7) is 9.79. The predicted octanol–water partition coefficient (Wildman–Crippen LogP) is 3.06. The van der Waals surface area contributed by atoms with Crippen molar-refractivity contribution in [3.8, 4) is 0 Å². The second-order valence-electron chi connectivity index (χ2n) is 7.79. The maximum Gasteiger partial charge on any atom is 0.310 e. The molecule has 10 heteroatoms. The number of Topliss-reactive ketones (excluding diaryl/α,β-unsaturated/α-hetero) is 1. The fourth-order valence-corrected chi connectivity index (χ4v) is 4.34. The van der Waals surface area contributed by atoms with Crippen LogP contribution in [0.15, 0.2) is 11.2 Å². The number of rotatable bonds is 9. The lowest BCUT2D eigenvalue weighted by atomic mass is 10.1. The number of ketones is 1. The molecule has 3 aromatic heterocycles. The van der Waals surface area contributed by atoms with Gasteiger partial charge in [0.25, 0.3) is 5.78 Å². The number of carbonyl (C=O) groups excluding carboxylic acids is 2. The van der Waals surface area contributed by atoms with Gasteiger partial charge in [0.2, 0.25) is 10.9 Å². The highest BCUT2D eigenvalue weighted by atomic mass is 32.2. The molecule has 3 aromatic rings. The van der Waals surface area contributed by atoms with E-state index in [2.05, 4.69) is 19.6 Å². The summed E-state index contributed by atoms with van der Waals surface area (Å²) in [5.41, 5.74) is 4.54. The highest BCUT2D eigenvalue weighted by Crippen LogP contribution is 2.22. The average Bonchev–Trinajstić information content (AvgIpc) is 3.29. The van der Waals surface area contributed by atoms with Crippen LogP contribution in [-0.2, 0) is 20.7 Å². The van der Waals surface area contributed by atoms with Gasteiger partial charge in [-0.05, 0) is 46.9 Å². The Morgan fingerprint density at radius 1 is 1.16 bits per heavy atom. The molecule has 1 unspecified atom stereocenters. The Labute approximate surface area is 191 Å². The molecule has 0 aromatic carbocycles. The molecule has 3 rings (SSSR count). The number of aromatic nitrogens is 5. The Kier molecular flexibility index (Phi) is 7.35. The molecule has 0 aliphatic heterocycles. The zero-order chi connectivity index (χ0) is 23.6. The number of esters is 1. The molecule has 0 fully saturated rings. The Bertz CT molecular complexity index is 1170. The highest BCUT2D eigenvalue weighted by molar-refractivity contribution is 7.98. The smallest absolute Gasteiger partial charge is 0.310 e. The maximum atomic E-state index is 12.8. The van der Waals surface area contributed by atoms with Crippen molar-refractivity contribution in [1.82, 2.24) is 24.1 Å². The van der Waals surface area contributed by atoms with E-state index in [4.69, 9.17) is 9.47 Å². The lowest BCUT2D eigenvalue weighted by Gasteiger charge is -2.17. The fourth-order valence-electron chi connectivity index (χ4n) is 4.00. The minimum absolute atomic E-state index is 0.00619. The first-order chi connectivity index (χ1) is 15.2. The molecule has 0 radical (unpaired) electrons. The number of hydrogen-bond donors (Lipinski definition) is 0. The lowest BCUT2D eigenvalue weighted by molar-refractivity contribution is -0.141. The van der Waals surface area contributed by atoms with Gasteiger partial charge in [0, 0.05) is 41.0 Å². The van der Waals surface area contributed by atoms with Crippen LogP contribution in [0.3, 0.4) is 0 Å². The number of fused-ring (bicyclic) bond motifs is 1. The average molecular weight is 460 g/mol. The molecule has 172 valence electrons. The van der Waals surface area contributed by atoms with Crippen LogP contribution in [-0.4, -0.2) is 62.5 Å². The van der Waals surface area contributed by atoms with Gasteiger partial charge in [-0.25, -0.2) is 9.50 Å². The van der Waals surface area contributed by atoms with Crippen LogP contribution in [0.1, 0.15) is 51.7 Å². The highest BCUT2D eigenvalue weighted by Gasteiger charge is 2.21. The van der Waals surface area contributed by atoms with Crippen LogP contribution in [0.2, 0.25) is 0 Å². The molecule has 0 saturated carbocycles. The summed E-state index contributed by atoms with van der Waals surface area (Å²) < 4.78 is 14.2. The molecule has 32 heavy (non-hydrogen) atoms. The van der Waals surface area contributed by atoms with Crippen molar-refractivity contribution < 1.29 is 19.1 Å². The van der Waals surface area contributed by atoms with Crippen LogP contribution in [0.25, 0.3) is 5.78 Å². The van der Waals surface area contributed by atoms with E-state index in [0.717, 1.165) is 22.6 Å². The molecule has 0 spiro atoms. The van der Waals surface area contributed by atoms with Gasteiger partial charge in [-0.3, -0.25) is 9.59 Å². The lowest BCUT2D eigenvalue weighted by Crippen LogP contribution is -2.19. The van der Waals surface area contributed by atoms with Crippen molar-refractivity contribution >= 4 is 29.3 Å². The van der Waals surface area contributed by atoms with Gasteiger partial charge in [-0.2, -0.15) is 4.98 Å². The van der Waals surface area contributed by atoms with Gasteiger partial charge in [-0.1, -0.05) is 11.8 Å². The van der Waals surface area contributed by atoms with E-state index < -0.39 is 5.97 Å². The van der Waals surface area contributed by atoms with E-state index in [1.54, 1.807) is 11.6 Å². The first-order valence-corrected chi connectivity index (χ1v) is 11.5. The SMILES string of the molecule is COCC(C)n1c(C)cc(C(=O)COC(=O)Cc2c(C)nc3nc(SC)nn3c2C)c1C. The van der Waals surface area contributed by atoms with E-state index in [1.807, 2.05) is 46.9 Å². The Balaban J connectivity index is 1.70. The van der Waals surface area contributed by atoms with Crippen LogP contribution in [0.5, 0.6) is 0 Å². The fraction of sp³-hybridized carbons (Fsp3) is 0.500. The Hall–Kier alpha value is -2.72. The molecule has 3 heterocycles. The summed E-state index contributed by atoms with van der Waals surface area (Å²) in [6.07, 6.45) is 1.90. The summed E-state index contributed by atoms with van der Waals surface area (Å²) in [5.74, 6) is -0.225. The molecule has 0 amide bonds. The van der Waals surface area contributed by atoms with Crippen molar-refractivity contribution in [3.05, 3.63) is 40.0 Å². The number of carbonyl (C=O) groups is 2. The van der Waals surface area contributed by atoms with E-state index in [-0.39, 0.29) is 24.9 Å². The van der Waals surface area contributed by atoms with Crippen LogP contribution in [0.4, 0.5) is 0 Å². The summed E-state index contributed by atoms with van der Waals surface area (Å²) in [7, 11) is 1.65. The van der Waals surface area contributed by atoms with Crippen molar-refractivity contribution in [2.45, 2.75) is 52.2 Å². The van der Waals surface area contributed by atoms with Crippen molar-refractivity contribution in [2.75, 3.05) is 26.6 Å². The van der Waals surface area contributed by atoms with Gasteiger partial charge < -0.3 is 14.0 Å². The number of hydrogen-bond acceptors (Lipinski definition) is 8. The predicted molar refractivity (Wildman–Crippen MR) is 122 cm³/mol. The molecule has 0 saturated heterocycles. The minimum atomic E-state index is -0.488. The topological polar surface area (TPSA) is 101 Å². The summed E-state index contributed by atoms with van der Waals surface area (Å²) >= 11 is 1.43. The van der Waals surface area contributed by atoms with E-state index in [0.29, 0.717) is 28.8 Å². The second kappa shape index (κ2) is 9.83. The summed E-state index contributed by atoms with van der Waals surface area (Å²) in [4.78, 5) is 34.1. The Morgan fingerprint density at radius 2 is 1.88 bits per heavy atom. The number of aryl methyl sites for hydroxylation is 3. The quantitative estimate of drug-likeness (QED) is 0.273. The number of thioether (sulfide) groups is 1. The number of ether oxygens (including phenoxy) is 2. The standard InChI is InChI=1S/C22H29N5O4S/c1-12-8-18(15(4)26(12)13(2)10-30-6)19(28)11-31-20(29)9-17-14(3)23-21-24-22(32-7)25-27(21)16(17)5/h8,13H,9-11H2,1-7H3. The molecule has 9 nitrogen and oxygen atoms in total. The molecular weight excluding hydrogens is 430 g/mol. The first kappa shape index (κ1) is 23.9. The van der Waals surface area contributed by atoms with Gasteiger partial charge >= 0.3 is 5.97 Å². The van der Waals surface area contributed by atoms with E-state index >= 15 is 0 Å². The van der Waals surface area contributed by atoms with Crippen LogP contribution in [0, 0.1) is 27.7 Å². The third-order valence-electron chi connectivity index (χ3n) is 5.53.